The summed E-state index contributed by atoms with van der Waals surface area (Å²) in [5.41, 5.74) is 1.68. The molecule has 0 spiro atoms. The number of nitrogens with one attached hydrogen (secondary N) is 1. The number of hydrogen-bond acceptors (Lipinski definition) is 3. The van der Waals surface area contributed by atoms with Gasteiger partial charge < -0.3 is 10.1 Å². The van der Waals surface area contributed by atoms with Crippen molar-refractivity contribution in [3.05, 3.63) is 57.0 Å². The molecule has 2 aromatic rings. The van der Waals surface area contributed by atoms with Crippen LogP contribution in [0.5, 0.6) is 5.75 Å². The molecule has 0 radical (unpaired) electrons. The van der Waals surface area contributed by atoms with Crippen molar-refractivity contribution in [3.63, 3.8) is 0 Å². The molecule has 1 N–H and O–H groups in total. The molecular weight excluding hydrogens is 384 g/mol. The van der Waals surface area contributed by atoms with Crippen molar-refractivity contribution in [2.75, 3.05) is 12.4 Å². The smallest absolute Gasteiger partial charge is 0.143 e. The number of methoxy groups -OCH3 is 1. The van der Waals surface area contributed by atoms with Gasteiger partial charge in [0.05, 0.1) is 13.2 Å². The number of anilines is 1. The Bertz CT molecular complexity index is 635. The van der Waals surface area contributed by atoms with Crippen LogP contribution in [0.2, 0.25) is 0 Å². The third kappa shape index (κ3) is 3.53. The van der Waals surface area contributed by atoms with Crippen molar-refractivity contribution in [2.45, 2.75) is 6.04 Å². The van der Waals surface area contributed by atoms with Crippen molar-refractivity contribution < 1.29 is 4.74 Å². The Morgan fingerprint density at radius 3 is 2.35 bits per heavy atom. The average Bonchev–Trinajstić information content (AvgIpc) is 2.46. The van der Waals surface area contributed by atoms with Gasteiger partial charge in [0.2, 0.25) is 0 Å². The molecule has 20 heavy (non-hydrogen) atoms. The van der Waals surface area contributed by atoms with Gasteiger partial charge in [-0.2, -0.15) is 5.26 Å². The van der Waals surface area contributed by atoms with Crippen molar-refractivity contribution in [1.82, 2.24) is 0 Å². The predicted octanol–water partition coefficient (Wildman–Crippen LogP) is 4.90. The molecular formula is C15H12Br2N2O. The molecule has 1 atom stereocenters. The Morgan fingerprint density at radius 2 is 1.75 bits per heavy atom. The minimum atomic E-state index is -0.483. The zero-order valence-corrected chi connectivity index (χ0v) is 13.9. The van der Waals surface area contributed by atoms with E-state index in [-0.39, 0.29) is 0 Å². The van der Waals surface area contributed by atoms with E-state index in [0.29, 0.717) is 5.75 Å². The van der Waals surface area contributed by atoms with Gasteiger partial charge in [-0.3, -0.25) is 0 Å². The molecule has 0 saturated carbocycles. The first kappa shape index (κ1) is 14.9. The topological polar surface area (TPSA) is 45.0 Å². The lowest BCUT2D eigenvalue weighted by Gasteiger charge is -2.16. The first-order valence-corrected chi connectivity index (χ1v) is 7.48. The van der Waals surface area contributed by atoms with Gasteiger partial charge in [-0.25, -0.2) is 0 Å². The van der Waals surface area contributed by atoms with Gasteiger partial charge in [0.15, 0.2) is 0 Å². The summed E-state index contributed by atoms with van der Waals surface area (Å²) in [6.45, 7) is 0. The van der Waals surface area contributed by atoms with Crippen LogP contribution in [0.1, 0.15) is 11.6 Å². The van der Waals surface area contributed by atoms with Crippen LogP contribution in [0, 0.1) is 11.3 Å². The van der Waals surface area contributed by atoms with E-state index < -0.39 is 6.04 Å². The number of halogens is 2. The number of nitrogens with zero attached hydrogens (tertiary/aromatic N) is 1. The summed E-state index contributed by atoms with van der Waals surface area (Å²) in [6, 6.07) is 15.1. The fourth-order valence-corrected chi connectivity index (χ4v) is 2.47. The highest BCUT2D eigenvalue weighted by atomic mass is 79.9. The van der Waals surface area contributed by atoms with Gasteiger partial charge in [-0.1, -0.05) is 31.9 Å². The molecule has 0 aliphatic rings. The summed E-state index contributed by atoms with van der Waals surface area (Å²) in [4.78, 5) is 0. The average molecular weight is 396 g/mol. The van der Waals surface area contributed by atoms with Crippen molar-refractivity contribution in [3.8, 4) is 11.8 Å². The number of rotatable bonds is 4. The first-order chi connectivity index (χ1) is 9.63. The molecule has 2 aromatic carbocycles. The summed E-state index contributed by atoms with van der Waals surface area (Å²) in [5.74, 6) is 0.685. The molecule has 3 nitrogen and oxygen atoms in total. The lowest BCUT2D eigenvalue weighted by Crippen LogP contribution is -2.10. The van der Waals surface area contributed by atoms with Gasteiger partial charge in [-0.05, 0) is 42.5 Å². The van der Waals surface area contributed by atoms with Crippen LogP contribution in [0.4, 0.5) is 5.69 Å². The van der Waals surface area contributed by atoms with Crippen LogP contribution in [0.15, 0.2) is 51.4 Å². The van der Waals surface area contributed by atoms with Gasteiger partial charge in [0, 0.05) is 20.2 Å². The summed E-state index contributed by atoms with van der Waals surface area (Å²) >= 11 is 6.81. The van der Waals surface area contributed by atoms with Crippen LogP contribution in [0.3, 0.4) is 0 Å². The maximum Gasteiger partial charge on any atom is 0.143 e. The zero-order valence-electron chi connectivity index (χ0n) is 10.7. The molecule has 0 bridgehead atoms. The van der Waals surface area contributed by atoms with E-state index in [1.54, 1.807) is 7.11 Å². The molecule has 5 heteroatoms. The molecule has 0 saturated heterocycles. The summed E-state index contributed by atoms with van der Waals surface area (Å²) in [7, 11) is 1.60. The Kier molecular flexibility index (Phi) is 5.05. The third-order valence-corrected chi connectivity index (χ3v) is 3.81. The maximum absolute atomic E-state index is 9.41. The standard InChI is InChI=1S/C15H12Br2N2O/c1-20-15-7-4-11(17)8-13(15)14(9-18)19-12-5-2-10(16)3-6-12/h2-8,14,19H,1H3. The maximum atomic E-state index is 9.41. The van der Waals surface area contributed by atoms with Gasteiger partial charge in [0.25, 0.3) is 0 Å². The van der Waals surface area contributed by atoms with Gasteiger partial charge in [0.1, 0.15) is 11.8 Å². The number of ether oxygens (including phenoxy) is 1. The van der Waals surface area contributed by atoms with E-state index in [9.17, 15) is 5.26 Å². The second-order valence-corrected chi connectivity index (χ2v) is 5.93. The van der Waals surface area contributed by atoms with Gasteiger partial charge in [-0.15, -0.1) is 0 Å². The van der Waals surface area contributed by atoms with Crippen molar-refractivity contribution in [1.29, 1.82) is 5.26 Å². The summed E-state index contributed by atoms with van der Waals surface area (Å²) in [5, 5.41) is 12.6. The van der Waals surface area contributed by atoms with E-state index in [1.165, 1.54) is 0 Å². The molecule has 1 unspecified atom stereocenters. The van der Waals surface area contributed by atoms with E-state index in [2.05, 4.69) is 43.2 Å². The van der Waals surface area contributed by atoms with E-state index in [0.717, 1.165) is 20.2 Å². The van der Waals surface area contributed by atoms with E-state index in [1.807, 2.05) is 42.5 Å². The highest BCUT2D eigenvalue weighted by molar-refractivity contribution is 9.10. The monoisotopic (exact) mass is 394 g/mol. The minimum absolute atomic E-state index is 0.483. The second-order valence-electron chi connectivity index (χ2n) is 4.10. The van der Waals surface area contributed by atoms with Crippen LogP contribution in [0.25, 0.3) is 0 Å². The van der Waals surface area contributed by atoms with Crippen LogP contribution >= 0.6 is 31.9 Å². The van der Waals surface area contributed by atoms with Crippen molar-refractivity contribution >= 4 is 37.5 Å². The molecule has 0 aromatic heterocycles. The van der Waals surface area contributed by atoms with Crippen LogP contribution < -0.4 is 10.1 Å². The molecule has 2 rings (SSSR count). The number of hydrogen-bond donors (Lipinski definition) is 1. The highest BCUT2D eigenvalue weighted by Gasteiger charge is 2.16. The predicted molar refractivity (Wildman–Crippen MR) is 86.8 cm³/mol. The highest BCUT2D eigenvalue weighted by Crippen LogP contribution is 2.30. The van der Waals surface area contributed by atoms with Crippen LogP contribution in [-0.2, 0) is 0 Å². The molecule has 0 amide bonds. The fraction of sp³-hybridized carbons (Fsp3) is 0.133. The Morgan fingerprint density at radius 1 is 1.10 bits per heavy atom. The Hall–Kier alpha value is -1.51. The second kappa shape index (κ2) is 6.78. The molecule has 0 fully saturated rings. The Labute approximate surface area is 134 Å². The summed E-state index contributed by atoms with van der Waals surface area (Å²) < 4.78 is 7.23. The van der Waals surface area contributed by atoms with Crippen LogP contribution in [-0.4, -0.2) is 7.11 Å². The molecule has 102 valence electrons. The largest absolute Gasteiger partial charge is 0.496 e. The lowest BCUT2D eigenvalue weighted by molar-refractivity contribution is 0.409. The molecule has 0 aliphatic heterocycles. The lowest BCUT2D eigenvalue weighted by atomic mass is 10.1. The number of nitriles is 1. The normalized spacial score (nSPS) is 11.5. The zero-order chi connectivity index (χ0) is 14.5. The summed E-state index contributed by atoms with van der Waals surface area (Å²) in [6.07, 6.45) is 0. The van der Waals surface area contributed by atoms with Crippen molar-refractivity contribution in [2.24, 2.45) is 0 Å². The van der Waals surface area contributed by atoms with E-state index >= 15 is 0 Å². The SMILES string of the molecule is COc1ccc(Br)cc1C(C#N)Nc1ccc(Br)cc1. The minimum Gasteiger partial charge on any atom is -0.496 e. The molecule has 0 heterocycles. The third-order valence-electron chi connectivity index (χ3n) is 2.79. The quantitative estimate of drug-likeness (QED) is 0.800. The Balaban J connectivity index is 2.31. The first-order valence-electron chi connectivity index (χ1n) is 5.89. The van der Waals surface area contributed by atoms with E-state index in [4.69, 9.17) is 4.74 Å². The fourth-order valence-electron chi connectivity index (χ4n) is 1.82. The number of benzene rings is 2. The van der Waals surface area contributed by atoms with Gasteiger partial charge >= 0.3 is 0 Å². The molecule has 0 aliphatic carbocycles.